The molecule has 3 heterocycles. The normalized spacial score (nSPS) is 12.8. The third-order valence-electron chi connectivity index (χ3n) is 3.12. The lowest BCUT2D eigenvalue weighted by atomic mass is 9.96. The Balaban J connectivity index is 1.89. The van der Waals surface area contributed by atoms with E-state index in [4.69, 9.17) is 0 Å². The Hall–Kier alpha value is -2.16. The lowest BCUT2D eigenvalue weighted by Gasteiger charge is -2.12. The third kappa shape index (κ3) is 3.14. The highest BCUT2D eigenvalue weighted by Crippen LogP contribution is 2.22. The maximum Gasteiger partial charge on any atom is 0.236 e. The van der Waals surface area contributed by atoms with Gasteiger partial charge in [-0.15, -0.1) is 20.4 Å². The van der Waals surface area contributed by atoms with E-state index in [1.807, 2.05) is 0 Å². The van der Waals surface area contributed by atoms with Crippen molar-refractivity contribution in [2.45, 2.75) is 52.4 Å². The summed E-state index contributed by atoms with van der Waals surface area (Å²) in [6, 6.07) is 0. The van der Waals surface area contributed by atoms with Gasteiger partial charge in [0.25, 0.3) is 0 Å². The van der Waals surface area contributed by atoms with Crippen LogP contribution in [0, 0.1) is 0 Å². The fourth-order valence-electron chi connectivity index (χ4n) is 1.79. The van der Waals surface area contributed by atoms with Crippen LogP contribution in [-0.2, 0) is 10.8 Å². The van der Waals surface area contributed by atoms with Gasteiger partial charge in [-0.2, -0.15) is 9.36 Å². The first-order chi connectivity index (χ1) is 10.6. The Morgan fingerprint density at radius 3 is 1.43 bits per heavy atom. The summed E-state index contributed by atoms with van der Waals surface area (Å²) in [6.07, 6.45) is 3.32. The minimum absolute atomic E-state index is 0.105. The molecule has 9 heteroatoms. The number of rotatable bonds is 2. The molecular weight excluding hydrogens is 312 g/mol. The van der Waals surface area contributed by atoms with E-state index in [0.717, 1.165) is 11.6 Å². The molecule has 0 unspecified atom stereocenters. The first-order valence-electron chi connectivity index (χ1n) is 7.33. The molecule has 8 nitrogen and oxygen atoms in total. The van der Waals surface area contributed by atoms with Crippen molar-refractivity contribution in [2.75, 3.05) is 0 Å². The van der Waals surface area contributed by atoms with Crippen molar-refractivity contribution in [2.24, 2.45) is 0 Å². The molecule has 0 aromatic carbocycles. The van der Waals surface area contributed by atoms with Crippen molar-refractivity contribution in [3.8, 4) is 10.3 Å². The topological polar surface area (TPSA) is 87.2 Å². The predicted octanol–water partition coefficient (Wildman–Crippen LogP) is 2.29. The van der Waals surface area contributed by atoms with Crippen LogP contribution in [-0.4, -0.2) is 39.7 Å². The molecule has 0 atom stereocenters. The van der Waals surface area contributed by atoms with E-state index in [1.54, 1.807) is 22.0 Å². The molecule has 0 aliphatic carbocycles. The van der Waals surface area contributed by atoms with E-state index >= 15 is 0 Å². The highest BCUT2D eigenvalue weighted by molar-refractivity contribution is 7.16. The molecule has 3 rings (SSSR count). The molecule has 0 aliphatic rings. The summed E-state index contributed by atoms with van der Waals surface area (Å²) >= 11 is 1.39. The Kier molecular flexibility index (Phi) is 3.55. The average molecular weight is 332 g/mol. The van der Waals surface area contributed by atoms with Crippen molar-refractivity contribution in [1.29, 1.82) is 0 Å². The van der Waals surface area contributed by atoms with Gasteiger partial charge < -0.3 is 0 Å². The molecule has 0 fully saturated rings. The zero-order valence-electron chi connectivity index (χ0n) is 14.1. The highest BCUT2D eigenvalue weighted by Gasteiger charge is 2.22. The lowest BCUT2D eigenvalue weighted by Crippen LogP contribution is -2.14. The molecule has 0 aliphatic heterocycles. The Labute approximate surface area is 138 Å². The Morgan fingerprint density at radius 1 is 0.739 bits per heavy atom. The minimum Gasteiger partial charge on any atom is -0.219 e. The second kappa shape index (κ2) is 5.19. The molecule has 0 saturated carbocycles. The summed E-state index contributed by atoms with van der Waals surface area (Å²) in [5.74, 6) is 1.54. The van der Waals surface area contributed by atoms with Gasteiger partial charge in [0.15, 0.2) is 11.6 Å². The molecule has 0 saturated heterocycles. The lowest BCUT2D eigenvalue weighted by molar-refractivity contribution is 0.543. The second-order valence-corrected chi connectivity index (χ2v) is 8.33. The zero-order chi connectivity index (χ0) is 16.8. The number of hydrogen-bond donors (Lipinski definition) is 0. The molecule has 122 valence electrons. The fraction of sp³-hybridized carbons (Fsp3) is 0.571. The average Bonchev–Trinajstić information content (AvgIpc) is 3.17. The van der Waals surface area contributed by atoms with E-state index in [-0.39, 0.29) is 10.8 Å². The number of hydrogen-bond acceptors (Lipinski definition) is 7. The van der Waals surface area contributed by atoms with Gasteiger partial charge in [-0.05, 0) is 0 Å². The van der Waals surface area contributed by atoms with Crippen LogP contribution >= 0.6 is 11.3 Å². The quantitative estimate of drug-likeness (QED) is 0.715. The van der Waals surface area contributed by atoms with Crippen LogP contribution in [0.1, 0.15) is 53.2 Å². The summed E-state index contributed by atoms with van der Waals surface area (Å²) < 4.78 is 3.28. The van der Waals surface area contributed by atoms with Crippen LogP contribution in [0.2, 0.25) is 0 Å². The van der Waals surface area contributed by atoms with Crippen LogP contribution in [0.15, 0.2) is 12.7 Å². The Morgan fingerprint density at radius 2 is 1.13 bits per heavy atom. The molecule has 3 aromatic heterocycles. The first kappa shape index (κ1) is 15.7. The van der Waals surface area contributed by atoms with Gasteiger partial charge in [0, 0.05) is 10.8 Å². The van der Waals surface area contributed by atoms with Gasteiger partial charge in [0.2, 0.25) is 10.3 Å². The van der Waals surface area contributed by atoms with E-state index in [0.29, 0.717) is 10.3 Å². The fourth-order valence-corrected chi connectivity index (χ4v) is 2.48. The van der Waals surface area contributed by atoms with Gasteiger partial charge in [0.05, 0.1) is 0 Å². The first-order valence-corrected chi connectivity index (χ1v) is 8.15. The van der Waals surface area contributed by atoms with E-state index in [1.165, 1.54) is 11.3 Å². The summed E-state index contributed by atoms with van der Waals surface area (Å²) in [6.45, 7) is 12.4. The van der Waals surface area contributed by atoms with E-state index < -0.39 is 0 Å². The van der Waals surface area contributed by atoms with Crippen molar-refractivity contribution >= 4 is 11.3 Å². The molecule has 0 amide bonds. The summed E-state index contributed by atoms with van der Waals surface area (Å²) in [7, 11) is 0. The molecule has 23 heavy (non-hydrogen) atoms. The van der Waals surface area contributed by atoms with Gasteiger partial charge >= 0.3 is 0 Å². The van der Waals surface area contributed by atoms with Gasteiger partial charge in [-0.1, -0.05) is 52.9 Å². The predicted molar refractivity (Wildman–Crippen MR) is 87.1 cm³/mol. The monoisotopic (exact) mass is 332 g/mol. The minimum atomic E-state index is -0.105. The molecule has 0 bridgehead atoms. The summed E-state index contributed by atoms with van der Waals surface area (Å²) in [4.78, 5) is 8.68. The van der Waals surface area contributed by atoms with Crippen LogP contribution in [0.25, 0.3) is 10.3 Å². The van der Waals surface area contributed by atoms with Crippen molar-refractivity contribution in [1.82, 2.24) is 39.7 Å². The van der Waals surface area contributed by atoms with E-state index in [9.17, 15) is 0 Å². The zero-order valence-corrected chi connectivity index (χ0v) is 15.0. The maximum atomic E-state index is 4.47. The van der Waals surface area contributed by atoms with Crippen molar-refractivity contribution < 1.29 is 0 Å². The standard InChI is InChI=1S/C14H20N8S/c1-13(2,3)9-15-7-21(19-9)11-17-18-12(23-11)22-8-16-10(20-22)14(4,5)6/h7-8H,1-6H3. The highest BCUT2D eigenvalue weighted by atomic mass is 32.1. The van der Waals surface area contributed by atoms with Crippen LogP contribution < -0.4 is 0 Å². The van der Waals surface area contributed by atoms with E-state index in [2.05, 4.69) is 71.9 Å². The summed E-state index contributed by atoms with van der Waals surface area (Å²) in [5.41, 5.74) is -0.210. The SMILES string of the molecule is CC(C)(C)c1ncn(-c2nnc(-n3cnc(C(C)(C)C)n3)s2)n1. The van der Waals surface area contributed by atoms with Crippen LogP contribution in [0.3, 0.4) is 0 Å². The molecule has 3 aromatic rings. The molecule has 0 spiro atoms. The largest absolute Gasteiger partial charge is 0.236 e. The smallest absolute Gasteiger partial charge is 0.219 e. The number of aromatic nitrogens is 8. The van der Waals surface area contributed by atoms with Gasteiger partial charge in [0.1, 0.15) is 12.7 Å². The van der Waals surface area contributed by atoms with Crippen LogP contribution in [0.4, 0.5) is 0 Å². The summed E-state index contributed by atoms with van der Waals surface area (Å²) in [5, 5.41) is 18.6. The molecular formula is C14H20N8S. The molecule has 0 radical (unpaired) electrons. The maximum absolute atomic E-state index is 4.47. The van der Waals surface area contributed by atoms with Crippen molar-refractivity contribution in [3.63, 3.8) is 0 Å². The third-order valence-corrected chi connectivity index (χ3v) is 4.02. The molecule has 0 N–H and O–H groups in total. The van der Waals surface area contributed by atoms with Crippen LogP contribution in [0.5, 0.6) is 0 Å². The second-order valence-electron chi connectivity index (χ2n) is 7.39. The van der Waals surface area contributed by atoms with Gasteiger partial charge in [-0.25, -0.2) is 9.97 Å². The van der Waals surface area contributed by atoms with Crippen molar-refractivity contribution in [3.05, 3.63) is 24.3 Å². The Bertz CT molecular complexity index is 748. The van der Waals surface area contributed by atoms with Gasteiger partial charge in [-0.3, -0.25) is 0 Å². The number of nitrogens with zero attached hydrogens (tertiary/aromatic N) is 8.